The van der Waals surface area contributed by atoms with E-state index in [4.69, 9.17) is 0 Å². The summed E-state index contributed by atoms with van der Waals surface area (Å²) in [4.78, 5) is 20.3. The van der Waals surface area contributed by atoms with Gasteiger partial charge >= 0.3 is 0 Å². The van der Waals surface area contributed by atoms with Crippen LogP contribution in [0.25, 0.3) is 0 Å². The number of nitrogens with zero attached hydrogens (tertiary/aromatic N) is 2. The average Bonchev–Trinajstić information content (AvgIpc) is 2.33. The highest BCUT2D eigenvalue weighted by molar-refractivity contribution is 5.65. The molecule has 7 heteroatoms. The molecule has 0 aromatic heterocycles. The molecule has 2 rings (SSSR count). The van der Waals surface area contributed by atoms with Gasteiger partial charge in [0.1, 0.15) is 5.69 Å². The Labute approximate surface area is 109 Å². The van der Waals surface area contributed by atoms with Crippen molar-refractivity contribution in [3.8, 4) is 0 Å². The molecule has 1 aliphatic carbocycles. The van der Waals surface area contributed by atoms with Crippen LogP contribution in [0.1, 0.15) is 26.2 Å². The van der Waals surface area contributed by atoms with Gasteiger partial charge in [0, 0.05) is 12.6 Å². The van der Waals surface area contributed by atoms with Crippen LogP contribution in [0.4, 0.5) is 17.1 Å². The first-order valence-corrected chi connectivity index (χ1v) is 6.08. The molecule has 19 heavy (non-hydrogen) atoms. The van der Waals surface area contributed by atoms with Crippen LogP contribution in [0.5, 0.6) is 0 Å². The molecule has 0 saturated heterocycles. The largest absolute Gasteiger partial charge is 0.379 e. The van der Waals surface area contributed by atoms with Gasteiger partial charge in [0.25, 0.3) is 11.4 Å². The van der Waals surface area contributed by atoms with Crippen LogP contribution >= 0.6 is 0 Å². The molecule has 0 atom stereocenters. The third kappa shape index (κ3) is 2.81. The van der Waals surface area contributed by atoms with Crippen molar-refractivity contribution in [2.24, 2.45) is 5.41 Å². The molecule has 1 aromatic rings. The molecule has 0 unspecified atom stereocenters. The minimum Gasteiger partial charge on any atom is -0.379 e. The lowest BCUT2D eigenvalue weighted by atomic mass is 9.70. The van der Waals surface area contributed by atoms with Gasteiger partial charge in [-0.05, 0) is 24.3 Å². The molecule has 7 nitrogen and oxygen atoms in total. The minimum atomic E-state index is -0.635. The van der Waals surface area contributed by atoms with Gasteiger partial charge in [0.05, 0.1) is 15.9 Å². The highest BCUT2D eigenvalue weighted by atomic mass is 16.6. The Hall–Kier alpha value is -2.18. The Kier molecular flexibility index (Phi) is 3.37. The Morgan fingerprint density at radius 1 is 1.26 bits per heavy atom. The van der Waals surface area contributed by atoms with Crippen LogP contribution in [0.2, 0.25) is 0 Å². The molecular formula is C12H15N3O4. The summed E-state index contributed by atoms with van der Waals surface area (Å²) in [7, 11) is 0. The molecule has 1 aliphatic rings. The van der Waals surface area contributed by atoms with Gasteiger partial charge in [-0.2, -0.15) is 0 Å². The predicted octanol–water partition coefficient (Wildman–Crippen LogP) is 3.11. The zero-order chi connectivity index (χ0) is 14.0. The summed E-state index contributed by atoms with van der Waals surface area (Å²) in [5, 5.41) is 24.6. The van der Waals surface area contributed by atoms with Crippen molar-refractivity contribution in [2.75, 3.05) is 11.9 Å². The third-order valence-electron chi connectivity index (χ3n) is 3.66. The van der Waals surface area contributed by atoms with Crippen LogP contribution in [0.15, 0.2) is 18.2 Å². The number of anilines is 1. The van der Waals surface area contributed by atoms with Crippen LogP contribution in [-0.2, 0) is 0 Å². The van der Waals surface area contributed by atoms with Gasteiger partial charge < -0.3 is 5.32 Å². The van der Waals surface area contributed by atoms with Gasteiger partial charge in [-0.25, -0.2) is 0 Å². The summed E-state index contributed by atoms with van der Waals surface area (Å²) in [6.07, 6.45) is 3.38. The molecule has 0 bridgehead atoms. The van der Waals surface area contributed by atoms with E-state index in [0.29, 0.717) is 12.2 Å². The van der Waals surface area contributed by atoms with E-state index in [0.717, 1.165) is 18.9 Å². The van der Waals surface area contributed by atoms with Gasteiger partial charge in [-0.3, -0.25) is 20.2 Å². The fourth-order valence-electron chi connectivity index (χ4n) is 2.20. The maximum Gasteiger partial charge on any atom is 0.299 e. The number of nitro groups is 2. The second kappa shape index (κ2) is 4.83. The highest BCUT2D eigenvalue weighted by Gasteiger charge is 2.32. The van der Waals surface area contributed by atoms with Crippen molar-refractivity contribution in [3.63, 3.8) is 0 Å². The minimum absolute atomic E-state index is 0.176. The lowest BCUT2D eigenvalue weighted by Crippen LogP contribution is -2.33. The quantitative estimate of drug-likeness (QED) is 0.651. The molecule has 1 fully saturated rings. The molecule has 0 spiro atoms. The van der Waals surface area contributed by atoms with Crippen molar-refractivity contribution in [1.82, 2.24) is 0 Å². The van der Waals surface area contributed by atoms with E-state index >= 15 is 0 Å². The molecule has 1 aromatic carbocycles. The standard InChI is InChI=1S/C12H15N3O4/c1-12(5-2-6-12)8-13-10-4-3-9(14(16)17)7-11(10)15(18)19/h3-4,7,13H,2,5-6,8H2,1H3. The fraction of sp³-hybridized carbons (Fsp3) is 0.500. The molecule has 0 amide bonds. The highest BCUT2D eigenvalue weighted by Crippen LogP contribution is 2.41. The summed E-state index contributed by atoms with van der Waals surface area (Å²) < 4.78 is 0. The van der Waals surface area contributed by atoms with E-state index in [1.165, 1.54) is 18.6 Å². The maximum absolute atomic E-state index is 10.9. The average molecular weight is 265 g/mol. The zero-order valence-corrected chi connectivity index (χ0v) is 10.6. The zero-order valence-electron chi connectivity index (χ0n) is 10.6. The van der Waals surface area contributed by atoms with Crippen LogP contribution in [0.3, 0.4) is 0 Å². The number of nitrogens with one attached hydrogen (secondary N) is 1. The second-order valence-corrected chi connectivity index (χ2v) is 5.23. The molecule has 0 heterocycles. The Bertz CT molecular complexity index is 526. The SMILES string of the molecule is CC1(CNc2ccc([N+](=O)[O-])cc2[N+](=O)[O-])CCC1. The number of hydrogen-bond donors (Lipinski definition) is 1. The van der Waals surface area contributed by atoms with Crippen LogP contribution in [0, 0.1) is 25.6 Å². The second-order valence-electron chi connectivity index (χ2n) is 5.23. The van der Waals surface area contributed by atoms with Gasteiger partial charge in [-0.15, -0.1) is 0 Å². The number of nitro benzene ring substituents is 2. The number of benzene rings is 1. The molecule has 1 N–H and O–H groups in total. The van der Waals surface area contributed by atoms with Gasteiger partial charge in [0.15, 0.2) is 0 Å². The first kappa shape index (κ1) is 13.3. The fourth-order valence-corrected chi connectivity index (χ4v) is 2.20. The van der Waals surface area contributed by atoms with E-state index in [9.17, 15) is 20.2 Å². The number of rotatable bonds is 5. The molecular weight excluding hydrogens is 250 g/mol. The van der Waals surface area contributed by atoms with E-state index in [1.807, 2.05) is 0 Å². The summed E-state index contributed by atoms with van der Waals surface area (Å²) in [5.74, 6) is 0. The summed E-state index contributed by atoms with van der Waals surface area (Å²) >= 11 is 0. The normalized spacial score (nSPS) is 16.5. The van der Waals surface area contributed by atoms with E-state index < -0.39 is 9.85 Å². The Morgan fingerprint density at radius 2 is 1.95 bits per heavy atom. The van der Waals surface area contributed by atoms with E-state index in [2.05, 4.69) is 12.2 Å². The summed E-state index contributed by atoms with van der Waals surface area (Å²) in [5.41, 5.74) is -0.0108. The Balaban J connectivity index is 2.19. The number of hydrogen-bond acceptors (Lipinski definition) is 5. The van der Waals surface area contributed by atoms with E-state index in [-0.39, 0.29) is 16.8 Å². The van der Waals surface area contributed by atoms with Crippen LogP contribution < -0.4 is 5.32 Å². The first-order chi connectivity index (χ1) is 8.91. The Morgan fingerprint density at radius 3 is 2.42 bits per heavy atom. The van der Waals surface area contributed by atoms with Crippen molar-refractivity contribution in [2.45, 2.75) is 26.2 Å². The molecule has 0 aliphatic heterocycles. The van der Waals surface area contributed by atoms with Crippen LogP contribution in [-0.4, -0.2) is 16.4 Å². The van der Waals surface area contributed by atoms with Crippen molar-refractivity contribution < 1.29 is 9.85 Å². The van der Waals surface area contributed by atoms with E-state index in [1.54, 1.807) is 0 Å². The van der Waals surface area contributed by atoms with Crippen molar-refractivity contribution in [3.05, 3.63) is 38.4 Å². The molecule has 1 saturated carbocycles. The lowest BCUT2D eigenvalue weighted by Gasteiger charge is -2.38. The first-order valence-electron chi connectivity index (χ1n) is 6.08. The maximum atomic E-state index is 10.9. The van der Waals surface area contributed by atoms with Crippen molar-refractivity contribution >= 4 is 17.1 Å². The third-order valence-corrected chi connectivity index (χ3v) is 3.66. The lowest BCUT2D eigenvalue weighted by molar-refractivity contribution is -0.393. The number of non-ortho nitro benzene ring substituents is 1. The topological polar surface area (TPSA) is 98.3 Å². The molecule has 102 valence electrons. The van der Waals surface area contributed by atoms with Crippen molar-refractivity contribution in [1.29, 1.82) is 0 Å². The summed E-state index contributed by atoms with van der Waals surface area (Å²) in [6, 6.07) is 3.67. The molecule has 0 radical (unpaired) electrons. The predicted molar refractivity (Wildman–Crippen MR) is 70.2 cm³/mol. The van der Waals surface area contributed by atoms with Gasteiger partial charge in [-0.1, -0.05) is 13.3 Å². The smallest absolute Gasteiger partial charge is 0.299 e. The summed E-state index contributed by atoms with van der Waals surface area (Å²) in [6.45, 7) is 2.77. The van der Waals surface area contributed by atoms with Gasteiger partial charge in [0.2, 0.25) is 0 Å². The monoisotopic (exact) mass is 265 g/mol.